The number of carboxylic acids is 1. The average Bonchev–Trinajstić information content (AvgIpc) is 2.32. The summed E-state index contributed by atoms with van der Waals surface area (Å²) in [6, 6.07) is -1.59. The largest absolute Gasteiger partial charge is 0.480 e. The van der Waals surface area contributed by atoms with Crippen molar-refractivity contribution in [1.29, 1.82) is 0 Å². The number of hydrogen-bond donors (Lipinski definition) is 6. The predicted octanol–water partition coefficient (Wildman–Crippen LogP) is 0.441. The molecule has 0 fully saturated rings. The van der Waals surface area contributed by atoms with Crippen molar-refractivity contribution in [3.8, 4) is 0 Å². The normalized spacial score (nSPS) is 16.8. The van der Waals surface area contributed by atoms with Crippen molar-refractivity contribution in [2.75, 3.05) is 5.75 Å². The number of thiol groups is 1. The molecular formula is C10H19NO8P2S. The van der Waals surface area contributed by atoms with Crippen molar-refractivity contribution in [3.63, 3.8) is 0 Å². The van der Waals surface area contributed by atoms with Gasteiger partial charge in [-0.15, -0.1) is 13.2 Å². The third-order valence-electron chi connectivity index (χ3n) is 2.77. The molecule has 9 nitrogen and oxygen atoms in total. The first-order valence-electron chi connectivity index (χ1n) is 5.88. The van der Waals surface area contributed by atoms with Gasteiger partial charge in [0.2, 0.25) is 0 Å². The summed E-state index contributed by atoms with van der Waals surface area (Å²) >= 11 is 3.86. The Balaban J connectivity index is 6.22. The van der Waals surface area contributed by atoms with Gasteiger partial charge in [-0.25, -0.2) is 0 Å². The summed E-state index contributed by atoms with van der Waals surface area (Å²) in [5, 5.41) is 9.24. The zero-order valence-corrected chi connectivity index (χ0v) is 14.1. The summed E-state index contributed by atoms with van der Waals surface area (Å²) in [4.78, 5) is 49.3. The molecule has 0 aromatic rings. The van der Waals surface area contributed by atoms with Crippen LogP contribution in [-0.2, 0) is 13.9 Å². The third kappa shape index (κ3) is 5.64. The van der Waals surface area contributed by atoms with Gasteiger partial charge in [0.1, 0.15) is 17.6 Å². The van der Waals surface area contributed by atoms with Crippen molar-refractivity contribution >= 4 is 33.8 Å². The lowest BCUT2D eigenvalue weighted by molar-refractivity contribution is -0.143. The average molecular weight is 375 g/mol. The molecule has 12 heteroatoms. The molecule has 0 spiro atoms. The topological polar surface area (TPSA) is 156 Å². The highest BCUT2D eigenvalue weighted by atomic mass is 32.1. The third-order valence-corrected chi connectivity index (χ3v) is 5.36. The van der Waals surface area contributed by atoms with E-state index in [0.717, 1.165) is 12.2 Å². The summed E-state index contributed by atoms with van der Waals surface area (Å²) < 4.78 is 23.1. The van der Waals surface area contributed by atoms with Crippen LogP contribution in [0.15, 0.2) is 25.3 Å². The minimum atomic E-state index is -4.96. The van der Waals surface area contributed by atoms with Gasteiger partial charge in [-0.05, 0) is 12.2 Å². The predicted molar refractivity (Wildman–Crippen MR) is 83.8 cm³/mol. The summed E-state index contributed by atoms with van der Waals surface area (Å²) in [6.45, 7) is 6.43. The zero-order valence-electron chi connectivity index (χ0n) is 11.5. The SMILES string of the molecule is C=CC(N(C(CCS)C(=O)O)C(C=C)P(=O)(O)O)P(=O)(O)O. The van der Waals surface area contributed by atoms with Crippen molar-refractivity contribution in [1.82, 2.24) is 4.90 Å². The van der Waals surface area contributed by atoms with Crippen LogP contribution in [0.4, 0.5) is 0 Å². The second kappa shape index (κ2) is 8.42. The fourth-order valence-electron chi connectivity index (χ4n) is 1.91. The van der Waals surface area contributed by atoms with Crippen LogP contribution in [0.5, 0.6) is 0 Å². The van der Waals surface area contributed by atoms with Crippen LogP contribution in [0.2, 0.25) is 0 Å². The minimum Gasteiger partial charge on any atom is -0.480 e. The number of aliphatic carboxylic acids is 1. The number of carboxylic acid groups (broad SMARTS) is 1. The molecule has 3 atom stereocenters. The van der Waals surface area contributed by atoms with Gasteiger partial charge in [-0.3, -0.25) is 18.8 Å². The molecule has 0 saturated carbocycles. The molecule has 0 aromatic carbocycles. The molecule has 0 amide bonds. The lowest BCUT2D eigenvalue weighted by atomic mass is 10.2. The van der Waals surface area contributed by atoms with E-state index in [4.69, 9.17) is 0 Å². The van der Waals surface area contributed by atoms with E-state index < -0.39 is 38.8 Å². The van der Waals surface area contributed by atoms with Gasteiger partial charge < -0.3 is 24.7 Å². The Bertz CT molecular complexity index is 481. The highest BCUT2D eigenvalue weighted by Gasteiger charge is 2.46. The highest BCUT2D eigenvalue weighted by molar-refractivity contribution is 7.80. The van der Waals surface area contributed by atoms with Gasteiger partial charge in [0.05, 0.1) is 0 Å². The first-order valence-corrected chi connectivity index (χ1v) is 9.88. The molecule has 0 aliphatic heterocycles. The van der Waals surface area contributed by atoms with Gasteiger partial charge in [-0.1, -0.05) is 12.2 Å². The van der Waals surface area contributed by atoms with E-state index in [1.807, 2.05) is 0 Å². The van der Waals surface area contributed by atoms with E-state index in [1.165, 1.54) is 0 Å². The summed E-state index contributed by atoms with van der Waals surface area (Å²) in [6.07, 6.45) is 1.30. The van der Waals surface area contributed by atoms with E-state index in [2.05, 4.69) is 25.8 Å². The number of rotatable bonds is 10. The lowest BCUT2D eigenvalue weighted by Crippen LogP contribution is -2.51. The first kappa shape index (κ1) is 21.6. The Morgan fingerprint density at radius 2 is 1.45 bits per heavy atom. The van der Waals surface area contributed by atoms with Crippen molar-refractivity contribution in [2.24, 2.45) is 0 Å². The Kier molecular flexibility index (Phi) is 8.25. The van der Waals surface area contributed by atoms with Gasteiger partial charge in [0, 0.05) is 0 Å². The van der Waals surface area contributed by atoms with E-state index in [0.29, 0.717) is 4.90 Å². The summed E-state index contributed by atoms with van der Waals surface area (Å²) in [5.74, 6) is -5.29. The maximum absolute atomic E-state index is 11.6. The molecule has 0 radical (unpaired) electrons. The lowest BCUT2D eigenvalue weighted by Gasteiger charge is -2.39. The van der Waals surface area contributed by atoms with Crippen LogP contribution in [0.25, 0.3) is 0 Å². The molecule has 0 aliphatic carbocycles. The maximum Gasteiger partial charge on any atom is 0.346 e. The van der Waals surface area contributed by atoms with Crippen LogP contribution >= 0.6 is 27.8 Å². The number of nitrogens with zero attached hydrogens (tertiary/aromatic N) is 1. The van der Waals surface area contributed by atoms with E-state index in [9.17, 15) is 38.6 Å². The maximum atomic E-state index is 11.6. The summed E-state index contributed by atoms with van der Waals surface area (Å²) in [5.41, 5.74) is 0. The van der Waals surface area contributed by atoms with E-state index >= 15 is 0 Å². The quantitative estimate of drug-likeness (QED) is 0.181. The van der Waals surface area contributed by atoms with Gasteiger partial charge in [0.15, 0.2) is 0 Å². The van der Waals surface area contributed by atoms with Crippen molar-refractivity contribution < 1.29 is 38.6 Å². The molecule has 0 aliphatic rings. The summed E-state index contributed by atoms with van der Waals surface area (Å²) in [7, 11) is -9.91. The fraction of sp³-hybridized carbons (Fsp3) is 0.500. The fourth-order valence-corrected chi connectivity index (χ4v) is 4.12. The molecule has 0 aromatic heterocycles. The van der Waals surface area contributed by atoms with Gasteiger partial charge in [-0.2, -0.15) is 12.6 Å². The Morgan fingerprint density at radius 3 is 1.64 bits per heavy atom. The molecule has 0 rings (SSSR count). The van der Waals surface area contributed by atoms with Crippen LogP contribution in [-0.4, -0.2) is 58.9 Å². The van der Waals surface area contributed by atoms with Crippen molar-refractivity contribution in [2.45, 2.75) is 24.0 Å². The molecular weight excluding hydrogens is 356 g/mol. The van der Waals surface area contributed by atoms with E-state index in [1.54, 1.807) is 0 Å². The molecule has 0 heterocycles. The molecule has 3 unspecified atom stereocenters. The number of carbonyl (C=O) groups is 1. The zero-order chi connectivity index (χ0) is 17.7. The van der Waals surface area contributed by atoms with Crippen LogP contribution < -0.4 is 0 Å². The monoisotopic (exact) mass is 375 g/mol. The van der Waals surface area contributed by atoms with Gasteiger partial charge in [0.25, 0.3) is 0 Å². The molecule has 5 N–H and O–H groups in total. The Hall–Kier alpha value is -0.440. The Morgan fingerprint density at radius 1 is 1.09 bits per heavy atom. The smallest absolute Gasteiger partial charge is 0.346 e. The molecule has 22 heavy (non-hydrogen) atoms. The second-order valence-corrected chi connectivity index (χ2v) is 8.15. The standard InChI is InChI=1S/C10H19NO8P2S/c1-3-8(20(14,15)16)11(7(5-6-22)10(12)13)9(4-2)21(17,18)19/h3-4,7-9,22H,1-2,5-6H2,(H,12,13)(H2,14,15,16)(H2,17,18,19). The van der Waals surface area contributed by atoms with Gasteiger partial charge >= 0.3 is 21.2 Å². The second-order valence-electron chi connectivity index (χ2n) is 4.29. The highest BCUT2D eigenvalue weighted by Crippen LogP contribution is 2.52. The Labute approximate surface area is 133 Å². The molecule has 0 bridgehead atoms. The first-order chi connectivity index (χ1) is 9.91. The number of hydrogen-bond acceptors (Lipinski definition) is 5. The van der Waals surface area contributed by atoms with E-state index in [-0.39, 0.29) is 12.2 Å². The van der Waals surface area contributed by atoms with Crippen LogP contribution in [0, 0.1) is 0 Å². The van der Waals surface area contributed by atoms with Crippen molar-refractivity contribution in [3.05, 3.63) is 25.3 Å². The van der Waals surface area contributed by atoms with Crippen LogP contribution in [0.3, 0.4) is 0 Å². The molecule has 128 valence electrons. The molecule has 0 saturated heterocycles. The minimum absolute atomic E-state index is 0.0174. The van der Waals surface area contributed by atoms with Crippen LogP contribution in [0.1, 0.15) is 6.42 Å².